The molecule has 2 N–H and O–H groups in total. The molecule has 3 nitrogen and oxygen atoms in total. The maximum absolute atomic E-state index is 10.7. The van der Waals surface area contributed by atoms with Crippen molar-refractivity contribution in [2.75, 3.05) is 0 Å². The third-order valence-electron chi connectivity index (χ3n) is 3.53. The lowest BCUT2D eigenvalue weighted by Crippen LogP contribution is -2.21. The second kappa shape index (κ2) is 6.87. The van der Waals surface area contributed by atoms with Gasteiger partial charge in [-0.05, 0) is 35.1 Å². The van der Waals surface area contributed by atoms with Gasteiger partial charge in [-0.15, -0.1) is 0 Å². The summed E-state index contributed by atoms with van der Waals surface area (Å²) >= 11 is 3.53. The van der Waals surface area contributed by atoms with Gasteiger partial charge < -0.3 is 10.2 Å². The predicted octanol–water partition coefficient (Wildman–Crippen LogP) is 4.06. The molecule has 0 amide bonds. The van der Waals surface area contributed by atoms with Crippen LogP contribution < -0.4 is 0 Å². The lowest BCUT2D eigenvalue weighted by Gasteiger charge is -2.14. The number of rotatable bonds is 5. The summed E-state index contributed by atoms with van der Waals surface area (Å²) in [4.78, 5) is 10.7. The van der Waals surface area contributed by atoms with Crippen LogP contribution in [0.5, 0.6) is 0 Å². The molecule has 2 atom stereocenters. The topological polar surface area (TPSA) is 57.5 Å². The van der Waals surface area contributed by atoms with E-state index in [0.29, 0.717) is 0 Å². The van der Waals surface area contributed by atoms with Crippen LogP contribution in [0.1, 0.15) is 24.8 Å². The molecule has 0 saturated heterocycles. The van der Waals surface area contributed by atoms with E-state index in [0.717, 1.165) is 21.2 Å². The van der Waals surface area contributed by atoms with Crippen LogP contribution >= 0.6 is 15.9 Å². The van der Waals surface area contributed by atoms with Gasteiger partial charge in [-0.1, -0.05) is 65.3 Å². The highest BCUT2D eigenvalue weighted by atomic mass is 79.9. The first-order valence-electron chi connectivity index (χ1n) is 6.74. The Labute approximate surface area is 132 Å². The summed E-state index contributed by atoms with van der Waals surface area (Å²) in [5.41, 5.74) is 3.23. The van der Waals surface area contributed by atoms with Crippen LogP contribution in [-0.4, -0.2) is 22.3 Å². The molecule has 0 aliphatic rings. The van der Waals surface area contributed by atoms with Crippen molar-refractivity contribution in [1.82, 2.24) is 0 Å². The molecule has 0 aliphatic heterocycles. The van der Waals surface area contributed by atoms with E-state index in [1.165, 1.54) is 0 Å². The monoisotopic (exact) mass is 348 g/mol. The number of carboxylic acids is 1. The third kappa shape index (κ3) is 3.93. The summed E-state index contributed by atoms with van der Waals surface area (Å²) in [7, 11) is 0. The summed E-state index contributed by atoms with van der Waals surface area (Å²) in [5, 5.41) is 18.2. The van der Waals surface area contributed by atoms with E-state index < -0.39 is 12.1 Å². The first kappa shape index (κ1) is 15.7. The normalized spacial score (nSPS) is 13.7. The zero-order chi connectivity index (χ0) is 15.4. The molecule has 0 bridgehead atoms. The Kier molecular flexibility index (Phi) is 5.15. The number of hydrogen-bond acceptors (Lipinski definition) is 2. The number of carboxylic acid groups (broad SMARTS) is 1. The number of benzene rings is 2. The Morgan fingerprint density at radius 1 is 1.14 bits per heavy atom. The molecule has 0 fully saturated rings. The Hall–Kier alpha value is -1.65. The van der Waals surface area contributed by atoms with Crippen molar-refractivity contribution in [2.45, 2.75) is 25.4 Å². The van der Waals surface area contributed by atoms with E-state index in [2.05, 4.69) is 15.9 Å². The Balaban J connectivity index is 2.16. The fourth-order valence-electron chi connectivity index (χ4n) is 2.26. The SMILES string of the molecule is CC(CC(O)C(=O)O)c1ccc(-c2ccccc2Br)cc1. The van der Waals surface area contributed by atoms with Crippen molar-refractivity contribution in [3.05, 3.63) is 58.6 Å². The second-order valence-corrected chi connectivity index (χ2v) is 5.95. The molecular formula is C17H17BrO3. The summed E-state index contributed by atoms with van der Waals surface area (Å²) in [6, 6.07) is 16.0. The van der Waals surface area contributed by atoms with Gasteiger partial charge in [-0.25, -0.2) is 4.79 Å². The van der Waals surface area contributed by atoms with Crippen LogP contribution in [0.3, 0.4) is 0 Å². The van der Waals surface area contributed by atoms with Gasteiger partial charge in [-0.2, -0.15) is 0 Å². The van der Waals surface area contributed by atoms with E-state index >= 15 is 0 Å². The van der Waals surface area contributed by atoms with Crippen LogP contribution in [0.2, 0.25) is 0 Å². The van der Waals surface area contributed by atoms with Gasteiger partial charge in [0, 0.05) is 4.47 Å². The first-order chi connectivity index (χ1) is 9.99. The number of halogens is 1. The minimum atomic E-state index is -1.32. The fourth-order valence-corrected chi connectivity index (χ4v) is 2.77. The molecule has 0 aromatic heterocycles. The average molecular weight is 349 g/mol. The van der Waals surface area contributed by atoms with E-state index in [1.54, 1.807) is 0 Å². The van der Waals surface area contributed by atoms with E-state index in [1.807, 2.05) is 55.5 Å². The van der Waals surface area contributed by atoms with Crippen molar-refractivity contribution in [3.8, 4) is 11.1 Å². The Morgan fingerprint density at radius 3 is 2.33 bits per heavy atom. The molecule has 0 heterocycles. The molecule has 2 aromatic carbocycles. The number of aliphatic hydroxyl groups is 1. The minimum absolute atomic E-state index is 0.00985. The second-order valence-electron chi connectivity index (χ2n) is 5.09. The average Bonchev–Trinajstić information content (AvgIpc) is 2.47. The lowest BCUT2D eigenvalue weighted by atomic mass is 9.93. The molecule has 0 saturated carbocycles. The zero-order valence-corrected chi connectivity index (χ0v) is 13.2. The standard InChI is InChI=1S/C17H17BrO3/c1-11(10-16(19)17(20)21)12-6-8-13(9-7-12)14-4-2-3-5-15(14)18/h2-9,11,16,19H,10H2,1H3,(H,20,21). The van der Waals surface area contributed by atoms with E-state index in [-0.39, 0.29) is 12.3 Å². The number of aliphatic hydroxyl groups excluding tert-OH is 1. The highest BCUT2D eigenvalue weighted by Gasteiger charge is 2.18. The van der Waals surface area contributed by atoms with Gasteiger partial charge in [0.2, 0.25) is 0 Å². The van der Waals surface area contributed by atoms with Gasteiger partial charge in [0.1, 0.15) is 0 Å². The van der Waals surface area contributed by atoms with Crippen molar-refractivity contribution < 1.29 is 15.0 Å². The highest BCUT2D eigenvalue weighted by Crippen LogP contribution is 2.29. The first-order valence-corrected chi connectivity index (χ1v) is 7.54. The van der Waals surface area contributed by atoms with Crippen molar-refractivity contribution in [2.24, 2.45) is 0 Å². The Bertz CT molecular complexity index is 622. The van der Waals surface area contributed by atoms with Gasteiger partial charge in [0.05, 0.1) is 0 Å². The van der Waals surface area contributed by atoms with Gasteiger partial charge in [-0.3, -0.25) is 0 Å². The molecule has 4 heteroatoms. The lowest BCUT2D eigenvalue weighted by molar-refractivity contribution is -0.147. The quantitative estimate of drug-likeness (QED) is 0.856. The summed E-state index contributed by atoms with van der Waals surface area (Å²) in [5.74, 6) is -1.18. The third-order valence-corrected chi connectivity index (χ3v) is 4.22. The van der Waals surface area contributed by atoms with Gasteiger partial charge in [0.15, 0.2) is 6.10 Å². The molecule has 0 aliphatic carbocycles. The van der Waals surface area contributed by atoms with Gasteiger partial charge >= 0.3 is 5.97 Å². The fraction of sp³-hybridized carbons (Fsp3) is 0.235. The van der Waals surface area contributed by atoms with Crippen LogP contribution in [0.15, 0.2) is 53.0 Å². The molecule has 0 spiro atoms. The molecule has 21 heavy (non-hydrogen) atoms. The van der Waals surface area contributed by atoms with Crippen LogP contribution in [-0.2, 0) is 4.79 Å². The number of aliphatic carboxylic acids is 1. The summed E-state index contributed by atoms with van der Waals surface area (Å²) in [6.07, 6.45) is -1.10. The predicted molar refractivity (Wildman–Crippen MR) is 86.3 cm³/mol. The van der Waals surface area contributed by atoms with Crippen molar-refractivity contribution in [3.63, 3.8) is 0 Å². The summed E-state index contributed by atoms with van der Waals surface area (Å²) < 4.78 is 1.03. The van der Waals surface area contributed by atoms with Crippen LogP contribution in [0.4, 0.5) is 0 Å². The number of carbonyl (C=O) groups is 1. The Morgan fingerprint density at radius 2 is 1.76 bits per heavy atom. The van der Waals surface area contributed by atoms with E-state index in [4.69, 9.17) is 5.11 Å². The molecular weight excluding hydrogens is 332 g/mol. The van der Waals surface area contributed by atoms with Crippen molar-refractivity contribution >= 4 is 21.9 Å². The van der Waals surface area contributed by atoms with Crippen LogP contribution in [0, 0.1) is 0 Å². The highest BCUT2D eigenvalue weighted by molar-refractivity contribution is 9.10. The van der Waals surface area contributed by atoms with Gasteiger partial charge in [0.25, 0.3) is 0 Å². The minimum Gasteiger partial charge on any atom is -0.479 e. The molecule has 2 unspecified atom stereocenters. The maximum atomic E-state index is 10.7. The zero-order valence-electron chi connectivity index (χ0n) is 11.7. The smallest absolute Gasteiger partial charge is 0.332 e. The largest absolute Gasteiger partial charge is 0.479 e. The molecule has 2 rings (SSSR count). The molecule has 110 valence electrons. The maximum Gasteiger partial charge on any atom is 0.332 e. The molecule has 2 aromatic rings. The summed E-state index contributed by atoms with van der Waals surface area (Å²) in [6.45, 7) is 1.92. The molecule has 0 radical (unpaired) electrons. The van der Waals surface area contributed by atoms with Crippen LogP contribution in [0.25, 0.3) is 11.1 Å². The number of hydrogen-bond donors (Lipinski definition) is 2. The van der Waals surface area contributed by atoms with Crippen molar-refractivity contribution in [1.29, 1.82) is 0 Å². The van der Waals surface area contributed by atoms with E-state index in [9.17, 15) is 9.90 Å².